The first-order valence-electron chi connectivity index (χ1n) is 11.2. The van der Waals surface area contributed by atoms with Crippen molar-refractivity contribution in [3.63, 3.8) is 0 Å². The Labute approximate surface area is 200 Å². The van der Waals surface area contributed by atoms with Gasteiger partial charge in [0, 0.05) is 12.7 Å². The van der Waals surface area contributed by atoms with Crippen molar-refractivity contribution in [3.8, 4) is 0 Å². The monoisotopic (exact) mass is 461 g/mol. The van der Waals surface area contributed by atoms with Crippen LogP contribution in [0.4, 0.5) is 10.5 Å². The number of likely N-dealkylation sites (N-methyl/N-ethyl adjacent to an activating group) is 1. The zero-order valence-corrected chi connectivity index (χ0v) is 20.2. The highest BCUT2D eigenvalue weighted by Gasteiger charge is 2.32. The van der Waals surface area contributed by atoms with Gasteiger partial charge in [0.15, 0.2) is 0 Å². The summed E-state index contributed by atoms with van der Waals surface area (Å²) in [5.74, 6) is -0.782. The van der Waals surface area contributed by atoms with E-state index in [2.05, 4.69) is 10.6 Å². The Morgan fingerprint density at radius 2 is 1.50 bits per heavy atom. The van der Waals surface area contributed by atoms with Crippen molar-refractivity contribution in [2.75, 3.05) is 12.4 Å². The first-order valence-corrected chi connectivity index (χ1v) is 11.2. The van der Waals surface area contributed by atoms with Gasteiger partial charge in [-0.3, -0.25) is 9.59 Å². The van der Waals surface area contributed by atoms with Crippen LogP contribution in [-0.4, -0.2) is 41.5 Å². The molecule has 34 heavy (non-hydrogen) atoms. The number of fused-ring (bicyclic) bond motifs is 1. The lowest BCUT2D eigenvalue weighted by atomic mass is 10.0. The van der Waals surface area contributed by atoms with E-state index in [0.717, 1.165) is 10.8 Å². The number of alkyl carbamates (subject to hydrolysis) is 1. The normalized spacial score (nSPS) is 13.0. The van der Waals surface area contributed by atoms with Crippen LogP contribution in [0.25, 0.3) is 10.8 Å². The minimum Gasteiger partial charge on any atom is -0.444 e. The summed E-state index contributed by atoms with van der Waals surface area (Å²) in [6.45, 7) is 6.79. The van der Waals surface area contributed by atoms with Crippen molar-refractivity contribution < 1.29 is 19.1 Å². The van der Waals surface area contributed by atoms with Gasteiger partial charge >= 0.3 is 6.09 Å². The van der Waals surface area contributed by atoms with Gasteiger partial charge < -0.3 is 20.3 Å². The van der Waals surface area contributed by atoms with Crippen molar-refractivity contribution in [2.24, 2.45) is 0 Å². The molecule has 0 bridgehead atoms. The first kappa shape index (κ1) is 24.8. The highest BCUT2D eigenvalue weighted by molar-refractivity contribution is 6.00. The summed E-state index contributed by atoms with van der Waals surface area (Å²) in [4.78, 5) is 40.1. The van der Waals surface area contributed by atoms with Gasteiger partial charge in [-0.2, -0.15) is 0 Å². The summed E-state index contributed by atoms with van der Waals surface area (Å²) in [5, 5.41) is 7.54. The molecule has 0 heterocycles. The number of ether oxygens (including phenoxy) is 1. The molecule has 178 valence electrons. The molecule has 0 aliphatic heterocycles. The van der Waals surface area contributed by atoms with E-state index in [9.17, 15) is 14.4 Å². The highest BCUT2D eigenvalue weighted by atomic mass is 16.6. The molecule has 3 aromatic rings. The molecule has 0 aliphatic rings. The lowest BCUT2D eigenvalue weighted by Gasteiger charge is -2.30. The summed E-state index contributed by atoms with van der Waals surface area (Å²) in [6, 6.07) is 20.8. The fourth-order valence-electron chi connectivity index (χ4n) is 3.64. The molecular formula is C27H31N3O4. The molecule has 0 radical (unpaired) electrons. The summed E-state index contributed by atoms with van der Waals surface area (Å²) >= 11 is 0. The Balaban J connectivity index is 1.81. The predicted octanol–water partition coefficient (Wildman–Crippen LogP) is 4.89. The lowest BCUT2D eigenvalue weighted by molar-refractivity contribution is -0.138. The molecule has 2 unspecified atom stereocenters. The number of anilines is 1. The number of benzene rings is 3. The summed E-state index contributed by atoms with van der Waals surface area (Å²) in [6.07, 6.45) is -0.696. The molecule has 7 heteroatoms. The highest BCUT2D eigenvalue weighted by Crippen LogP contribution is 2.24. The van der Waals surface area contributed by atoms with Crippen molar-refractivity contribution >= 4 is 34.4 Å². The molecule has 0 spiro atoms. The number of amides is 3. The number of nitrogens with one attached hydrogen (secondary N) is 2. The molecule has 0 fully saturated rings. The standard InChI is InChI=1S/C27H31N3O4/c1-18(28-26(33)34-27(2,3)4)25(32)30(5)23(20-12-7-6-8-13-20)24(31)29-22-16-15-19-11-9-10-14-21(19)17-22/h6-18,23H,1-5H3,(H,28,33)(H,29,31). The molecular weight excluding hydrogens is 430 g/mol. The van der Waals surface area contributed by atoms with Gasteiger partial charge in [-0.05, 0) is 56.2 Å². The molecule has 0 aromatic heterocycles. The Morgan fingerprint density at radius 1 is 0.882 bits per heavy atom. The van der Waals surface area contributed by atoms with Gasteiger partial charge in [0.2, 0.25) is 5.91 Å². The van der Waals surface area contributed by atoms with Crippen molar-refractivity contribution in [1.29, 1.82) is 0 Å². The van der Waals surface area contributed by atoms with Crippen molar-refractivity contribution in [2.45, 2.75) is 45.4 Å². The van der Waals surface area contributed by atoms with Crippen LogP contribution in [0, 0.1) is 0 Å². The van der Waals surface area contributed by atoms with Crippen LogP contribution in [0.1, 0.15) is 39.3 Å². The van der Waals surface area contributed by atoms with E-state index in [1.165, 1.54) is 4.90 Å². The van der Waals surface area contributed by atoms with Gasteiger partial charge in [-0.25, -0.2) is 4.79 Å². The zero-order chi connectivity index (χ0) is 24.9. The van der Waals surface area contributed by atoms with E-state index >= 15 is 0 Å². The van der Waals surface area contributed by atoms with Gasteiger partial charge in [-0.15, -0.1) is 0 Å². The molecule has 0 aliphatic carbocycles. The number of carbonyl (C=O) groups excluding carboxylic acids is 3. The minimum atomic E-state index is -0.900. The topological polar surface area (TPSA) is 87.7 Å². The smallest absolute Gasteiger partial charge is 0.408 e. The van der Waals surface area contributed by atoms with Gasteiger partial charge in [-0.1, -0.05) is 60.7 Å². The van der Waals surface area contributed by atoms with Crippen LogP contribution in [0.3, 0.4) is 0 Å². The first-order chi connectivity index (χ1) is 16.0. The number of hydrogen-bond acceptors (Lipinski definition) is 4. The predicted molar refractivity (Wildman–Crippen MR) is 133 cm³/mol. The SMILES string of the molecule is CC(NC(=O)OC(C)(C)C)C(=O)N(C)C(C(=O)Nc1ccc2ccccc2c1)c1ccccc1. The van der Waals surface area contributed by atoms with Crippen LogP contribution in [-0.2, 0) is 14.3 Å². The number of rotatable bonds is 6. The fourth-order valence-corrected chi connectivity index (χ4v) is 3.64. The Kier molecular flexibility index (Phi) is 7.56. The van der Waals surface area contributed by atoms with E-state index in [1.807, 2.05) is 60.7 Å². The Bertz CT molecular complexity index is 1170. The summed E-state index contributed by atoms with van der Waals surface area (Å²) in [5.41, 5.74) is 0.594. The molecule has 2 N–H and O–H groups in total. The Hall–Kier alpha value is -3.87. The minimum absolute atomic E-state index is 0.359. The second kappa shape index (κ2) is 10.4. The number of hydrogen-bond donors (Lipinski definition) is 2. The quantitative estimate of drug-likeness (QED) is 0.547. The van der Waals surface area contributed by atoms with E-state index in [4.69, 9.17) is 4.74 Å². The summed E-state index contributed by atoms with van der Waals surface area (Å²) in [7, 11) is 1.55. The molecule has 3 rings (SSSR count). The maximum atomic E-state index is 13.4. The second-order valence-electron chi connectivity index (χ2n) is 9.18. The maximum Gasteiger partial charge on any atom is 0.408 e. The van der Waals surface area contributed by atoms with Gasteiger partial charge in [0.05, 0.1) is 0 Å². The number of nitrogens with zero attached hydrogens (tertiary/aromatic N) is 1. The fraction of sp³-hybridized carbons (Fsp3) is 0.296. The van der Waals surface area contributed by atoms with Crippen LogP contribution < -0.4 is 10.6 Å². The third-order valence-corrected chi connectivity index (χ3v) is 5.22. The summed E-state index contributed by atoms with van der Waals surface area (Å²) < 4.78 is 5.24. The van der Waals surface area contributed by atoms with E-state index in [1.54, 1.807) is 46.9 Å². The Morgan fingerprint density at radius 3 is 2.15 bits per heavy atom. The van der Waals surface area contributed by atoms with Crippen LogP contribution in [0.5, 0.6) is 0 Å². The van der Waals surface area contributed by atoms with Crippen molar-refractivity contribution in [1.82, 2.24) is 10.2 Å². The third kappa shape index (κ3) is 6.34. The van der Waals surface area contributed by atoms with E-state index < -0.39 is 29.7 Å². The molecule has 3 aromatic carbocycles. The van der Waals surface area contributed by atoms with E-state index in [0.29, 0.717) is 11.3 Å². The van der Waals surface area contributed by atoms with Crippen LogP contribution in [0.15, 0.2) is 72.8 Å². The number of carbonyl (C=O) groups is 3. The zero-order valence-electron chi connectivity index (χ0n) is 20.2. The molecule has 2 atom stereocenters. The average molecular weight is 462 g/mol. The van der Waals surface area contributed by atoms with Crippen molar-refractivity contribution in [3.05, 3.63) is 78.4 Å². The van der Waals surface area contributed by atoms with Gasteiger partial charge in [0.25, 0.3) is 5.91 Å². The van der Waals surface area contributed by atoms with Crippen LogP contribution >= 0.6 is 0 Å². The molecule has 0 saturated carbocycles. The van der Waals surface area contributed by atoms with E-state index in [-0.39, 0.29) is 5.91 Å². The molecule has 0 saturated heterocycles. The second-order valence-corrected chi connectivity index (χ2v) is 9.18. The molecule has 3 amide bonds. The maximum absolute atomic E-state index is 13.4. The molecule has 7 nitrogen and oxygen atoms in total. The average Bonchev–Trinajstić information content (AvgIpc) is 2.78. The third-order valence-electron chi connectivity index (χ3n) is 5.22. The van der Waals surface area contributed by atoms with Gasteiger partial charge in [0.1, 0.15) is 17.7 Å². The largest absolute Gasteiger partial charge is 0.444 e. The van der Waals surface area contributed by atoms with Crippen LogP contribution in [0.2, 0.25) is 0 Å². The lowest BCUT2D eigenvalue weighted by Crippen LogP contribution is -2.49.